The highest BCUT2D eigenvalue weighted by Gasteiger charge is 2.29. The van der Waals surface area contributed by atoms with E-state index in [-0.39, 0.29) is 17.4 Å². The van der Waals surface area contributed by atoms with Crippen molar-refractivity contribution in [2.45, 2.75) is 38.8 Å². The topological polar surface area (TPSA) is 85.1 Å². The SMILES string of the molecule is CCn1ncnc1CC(O)CC1CCS(=O)(=O)C1. The molecule has 1 aliphatic rings. The molecule has 1 aliphatic heterocycles. The van der Waals surface area contributed by atoms with Crippen LogP contribution in [0.2, 0.25) is 0 Å². The summed E-state index contributed by atoms with van der Waals surface area (Å²) < 4.78 is 24.4. The number of aliphatic hydroxyl groups is 1. The highest BCUT2D eigenvalue weighted by atomic mass is 32.2. The molecule has 6 nitrogen and oxygen atoms in total. The van der Waals surface area contributed by atoms with Crippen LogP contribution in [0.1, 0.15) is 25.6 Å². The van der Waals surface area contributed by atoms with E-state index in [1.165, 1.54) is 6.33 Å². The lowest BCUT2D eigenvalue weighted by Crippen LogP contribution is -2.19. The quantitative estimate of drug-likeness (QED) is 0.818. The third kappa shape index (κ3) is 3.29. The van der Waals surface area contributed by atoms with Gasteiger partial charge in [-0.25, -0.2) is 13.4 Å². The molecule has 7 heteroatoms. The van der Waals surface area contributed by atoms with Gasteiger partial charge >= 0.3 is 0 Å². The maximum absolute atomic E-state index is 11.3. The van der Waals surface area contributed by atoms with Gasteiger partial charge in [0.2, 0.25) is 0 Å². The highest BCUT2D eigenvalue weighted by Crippen LogP contribution is 2.23. The van der Waals surface area contributed by atoms with Crippen LogP contribution in [-0.4, -0.2) is 45.9 Å². The molecular formula is C11H19N3O3S. The summed E-state index contributed by atoms with van der Waals surface area (Å²) in [6.07, 6.45) is 2.56. The first-order chi connectivity index (χ1) is 8.50. The van der Waals surface area contributed by atoms with Crippen LogP contribution in [0.4, 0.5) is 0 Å². The van der Waals surface area contributed by atoms with Gasteiger partial charge in [0.25, 0.3) is 0 Å². The van der Waals surface area contributed by atoms with Crippen molar-refractivity contribution in [3.05, 3.63) is 12.2 Å². The van der Waals surface area contributed by atoms with E-state index in [0.29, 0.717) is 19.3 Å². The third-order valence-corrected chi connectivity index (χ3v) is 5.18. The Morgan fingerprint density at radius 1 is 1.61 bits per heavy atom. The summed E-state index contributed by atoms with van der Waals surface area (Å²) in [4.78, 5) is 4.10. The van der Waals surface area contributed by atoms with Crippen LogP contribution in [0.25, 0.3) is 0 Å². The Kier molecular flexibility index (Phi) is 4.01. The van der Waals surface area contributed by atoms with Gasteiger partial charge in [-0.1, -0.05) is 0 Å². The van der Waals surface area contributed by atoms with Crippen LogP contribution in [-0.2, 0) is 22.8 Å². The molecule has 2 rings (SSSR count). The van der Waals surface area contributed by atoms with Gasteiger partial charge in [-0.05, 0) is 25.7 Å². The standard InChI is InChI=1S/C11H19N3O3S/c1-2-14-11(12-8-13-14)6-10(15)5-9-3-4-18(16,17)7-9/h8-10,15H,2-7H2,1H3. The molecule has 1 saturated heterocycles. The number of sulfone groups is 1. The first-order valence-electron chi connectivity index (χ1n) is 6.25. The van der Waals surface area contributed by atoms with Gasteiger partial charge in [-0.2, -0.15) is 5.10 Å². The summed E-state index contributed by atoms with van der Waals surface area (Å²) >= 11 is 0. The Morgan fingerprint density at radius 3 is 3.00 bits per heavy atom. The largest absolute Gasteiger partial charge is 0.393 e. The molecule has 0 aliphatic carbocycles. The van der Waals surface area contributed by atoms with Crippen LogP contribution in [0, 0.1) is 5.92 Å². The van der Waals surface area contributed by atoms with Crippen LogP contribution in [0.3, 0.4) is 0 Å². The second-order valence-electron chi connectivity index (χ2n) is 4.85. The van der Waals surface area contributed by atoms with E-state index in [2.05, 4.69) is 10.1 Å². The number of rotatable bonds is 5. The molecule has 2 atom stereocenters. The predicted octanol–water partition coefficient (Wildman–Crippen LogP) is 0.0262. The Labute approximate surface area is 107 Å². The van der Waals surface area contributed by atoms with Gasteiger partial charge in [0, 0.05) is 13.0 Å². The lowest BCUT2D eigenvalue weighted by molar-refractivity contribution is 0.143. The molecule has 0 amide bonds. The van der Waals surface area contributed by atoms with E-state index in [1.54, 1.807) is 4.68 Å². The number of aryl methyl sites for hydroxylation is 1. The van der Waals surface area contributed by atoms with Crippen molar-refractivity contribution in [2.24, 2.45) is 5.92 Å². The second kappa shape index (κ2) is 5.36. The minimum atomic E-state index is -2.86. The van der Waals surface area contributed by atoms with Crippen molar-refractivity contribution in [1.29, 1.82) is 0 Å². The average molecular weight is 273 g/mol. The second-order valence-corrected chi connectivity index (χ2v) is 7.08. The zero-order valence-corrected chi connectivity index (χ0v) is 11.3. The number of nitrogens with zero attached hydrogens (tertiary/aromatic N) is 3. The fourth-order valence-electron chi connectivity index (χ4n) is 2.45. The molecule has 1 aromatic heterocycles. The van der Waals surface area contributed by atoms with Gasteiger partial charge in [-0.3, -0.25) is 4.68 Å². The number of hydrogen-bond donors (Lipinski definition) is 1. The molecular weight excluding hydrogens is 254 g/mol. The number of aromatic nitrogens is 3. The van der Waals surface area contributed by atoms with E-state index in [4.69, 9.17) is 0 Å². The first kappa shape index (κ1) is 13.5. The van der Waals surface area contributed by atoms with E-state index < -0.39 is 15.9 Å². The summed E-state index contributed by atoms with van der Waals surface area (Å²) in [6, 6.07) is 0. The zero-order chi connectivity index (χ0) is 13.2. The molecule has 0 saturated carbocycles. The van der Waals surface area contributed by atoms with Crippen molar-refractivity contribution in [3.8, 4) is 0 Å². The van der Waals surface area contributed by atoms with Crippen molar-refractivity contribution in [3.63, 3.8) is 0 Å². The molecule has 1 aromatic rings. The monoisotopic (exact) mass is 273 g/mol. The van der Waals surface area contributed by atoms with Gasteiger partial charge in [0.15, 0.2) is 9.84 Å². The van der Waals surface area contributed by atoms with Crippen molar-refractivity contribution < 1.29 is 13.5 Å². The fraction of sp³-hybridized carbons (Fsp3) is 0.818. The average Bonchev–Trinajstić information content (AvgIpc) is 2.85. The Hall–Kier alpha value is -0.950. The maximum Gasteiger partial charge on any atom is 0.150 e. The van der Waals surface area contributed by atoms with E-state index in [9.17, 15) is 13.5 Å². The third-order valence-electron chi connectivity index (χ3n) is 3.35. The minimum Gasteiger partial charge on any atom is -0.393 e. The zero-order valence-electron chi connectivity index (χ0n) is 10.5. The summed E-state index contributed by atoms with van der Waals surface area (Å²) in [7, 11) is -2.86. The number of aliphatic hydroxyl groups excluding tert-OH is 1. The summed E-state index contributed by atoms with van der Waals surface area (Å²) in [5.74, 6) is 1.31. The normalized spacial score (nSPS) is 24.2. The van der Waals surface area contributed by atoms with Crippen LogP contribution in [0.5, 0.6) is 0 Å². The smallest absolute Gasteiger partial charge is 0.150 e. The Morgan fingerprint density at radius 2 is 2.39 bits per heavy atom. The van der Waals surface area contributed by atoms with E-state index in [0.717, 1.165) is 12.4 Å². The van der Waals surface area contributed by atoms with Gasteiger partial charge < -0.3 is 5.11 Å². The molecule has 0 spiro atoms. The van der Waals surface area contributed by atoms with Crippen LogP contribution in [0.15, 0.2) is 6.33 Å². The maximum atomic E-state index is 11.3. The van der Waals surface area contributed by atoms with Crippen molar-refractivity contribution >= 4 is 9.84 Å². The Balaban J connectivity index is 1.88. The lowest BCUT2D eigenvalue weighted by Gasteiger charge is -2.14. The summed E-state index contributed by atoms with van der Waals surface area (Å²) in [5, 5.41) is 14.0. The Bertz CT molecular complexity index is 497. The molecule has 2 unspecified atom stereocenters. The molecule has 0 aromatic carbocycles. The molecule has 1 N–H and O–H groups in total. The first-order valence-corrected chi connectivity index (χ1v) is 8.07. The molecule has 18 heavy (non-hydrogen) atoms. The highest BCUT2D eigenvalue weighted by molar-refractivity contribution is 7.91. The molecule has 1 fully saturated rings. The molecule has 0 bridgehead atoms. The summed E-state index contributed by atoms with van der Waals surface area (Å²) in [5.41, 5.74) is 0. The minimum absolute atomic E-state index is 0.0861. The van der Waals surface area contributed by atoms with Crippen LogP contribution < -0.4 is 0 Å². The predicted molar refractivity (Wildman–Crippen MR) is 66.8 cm³/mol. The fourth-order valence-corrected chi connectivity index (χ4v) is 4.33. The van der Waals surface area contributed by atoms with Crippen molar-refractivity contribution in [1.82, 2.24) is 14.8 Å². The molecule has 102 valence electrons. The van der Waals surface area contributed by atoms with E-state index in [1.807, 2.05) is 6.92 Å². The van der Waals surface area contributed by atoms with Crippen LogP contribution >= 0.6 is 0 Å². The molecule has 2 heterocycles. The summed E-state index contributed by atoms with van der Waals surface area (Å²) in [6.45, 7) is 2.69. The number of hydrogen-bond acceptors (Lipinski definition) is 5. The lowest BCUT2D eigenvalue weighted by atomic mass is 9.99. The van der Waals surface area contributed by atoms with Gasteiger partial charge in [0.1, 0.15) is 12.2 Å². The molecule has 0 radical (unpaired) electrons. The van der Waals surface area contributed by atoms with E-state index >= 15 is 0 Å². The van der Waals surface area contributed by atoms with Gasteiger partial charge in [-0.15, -0.1) is 0 Å². The van der Waals surface area contributed by atoms with Gasteiger partial charge in [0.05, 0.1) is 17.6 Å². The van der Waals surface area contributed by atoms with Crippen molar-refractivity contribution in [2.75, 3.05) is 11.5 Å².